The zero-order valence-electron chi connectivity index (χ0n) is 32.9. The van der Waals surface area contributed by atoms with Crippen molar-refractivity contribution in [3.8, 4) is 50.3 Å². The normalized spacial score (nSPS) is 11.3. The van der Waals surface area contributed by atoms with E-state index in [9.17, 15) is 0 Å². The Hall–Kier alpha value is -8.01. The van der Waals surface area contributed by atoms with Crippen molar-refractivity contribution in [2.45, 2.75) is 0 Å². The molecule has 0 amide bonds. The van der Waals surface area contributed by atoms with E-state index in [1.807, 2.05) is 0 Å². The minimum atomic E-state index is 0.962. The second kappa shape index (κ2) is 15.1. The number of hydrogen-bond donors (Lipinski definition) is 0. The van der Waals surface area contributed by atoms with Crippen LogP contribution in [0.2, 0.25) is 0 Å². The first-order chi connectivity index (χ1) is 29.8. The van der Waals surface area contributed by atoms with Gasteiger partial charge in [-0.05, 0) is 82.9 Å². The van der Waals surface area contributed by atoms with Gasteiger partial charge in [-0.15, -0.1) is 0 Å². The van der Waals surface area contributed by atoms with E-state index in [-0.39, 0.29) is 0 Å². The Morgan fingerprint density at radius 2 is 0.933 bits per heavy atom. The van der Waals surface area contributed by atoms with Crippen molar-refractivity contribution in [1.29, 1.82) is 0 Å². The molecule has 0 unspecified atom stereocenters. The van der Waals surface area contributed by atoms with Crippen LogP contribution in [-0.4, -0.2) is 9.55 Å². The second-order valence-corrected chi connectivity index (χ2v) is 15.1. The number of anilines is 3. The molecule has 0 aliphatic rings. The lowest BCUT2D eigenvalue weighted by Crippen LogP contribution is -2.11. The Balaban J connectivity index is 1.19. The van der Waals surface area contributed by atoms with Crippen molar-refractivity contribution < 1.29 is 0 Å². The summed E-state index contributed by atoms with van der Waals surface area (Å²) >= 11 is 0. The van der Waals surface area contributed by atoms with Crippen molar-refractivity contribution in [3.63, 3.8) is 0 Å². The van der Waals surface area contributed by atoms with E-state index in [0.717, 1.165) is 72.6 Å². The van der Waals surface area contributed by atoms with Crippen LogP contribution in [0.5, 0.6) is 0 Å². The average Bonchev–Trinajstić information content (AvgIpc) is 3.67. The van der Waals surface area contributed by atoms with Crippen LogP contribution in [0, 0.1) is 0 Å². The number of fused-ring (bicyclic) bond motifs is 4. The van der Waals surface area contributed by atoms with Crippen molar-refractivity contribution in [2.24, 2.45) is 0 Å². The maximum Gasteiger partial charge on any atom is 0.0788 e. The molecular weight excluding hydrogens is 727 g/mol. The summed E-state index contributed by atoms with van der Waals surface area (Å²) in [6.07, 6.45) is 0. The van der Waals surface area contributed by atoms with Gasteiger partial charge in [-0.1, -0.05) is 176 Å². The lowest BCUT2D eigenvalue weighted by molar-refractivity contribution is 1.18. The number of para-hydroxylation sites is 3. The highest BCUT2D eigenvalue weighted by atomic mass is 15.2. The maximum absolute atomic E-state index is 5.36. The van der Waals surface area contributed by atoms with Crippen molar-refractivity contribution >= 4 is 49.8 Å². The SMILES string of the molecule is c1ccc(-c2ccc(N(c3ccccc3-c3ccccc3)c3cccc4c3c3ccc(-c5nc6ccccc6cc5-c5ccccc5)cc3n4-c3ccccc3)cc2)cc1. The smallest absolute Gasteiger partial charge is 0.0788 e. The van der Waals surface area contributed by atoms with Gasteiger partial charge in [0, 0.05) is 44.2 Å². The molecule has 11 rings (SSSR count). The molecule has 2 heterocycles. The second-order valence-electron chi connectivity index (χ2n) is 15.1. The third-order valence-electron chi connectivity index (χ3n) is 11.6. The summed E-state index contributed by atoms with van der Waals surface area (Å²) in [5, 5.41) is 3.46. The molecule has 282 valence electrons. The van der Waals surface area contributed by atoms with Crippen molar-refractivity contribution in [3.05, 3.63) is 237 Å². The molecule has 0 atom stereocenters. The average molecular weight is 766 g/mol. The third-order valence-corrected chi connectivity index (χ3v) is 11.6. The molecule has 0 spiro atoms. The van der Waals surface area contributed by atoms with E-state index in [1.165, 1.54) is 27.5 Å². The van der Waals surface area contributed by atoms with Gasteiger partial charge in [-0.3, -0.25) is 0 Å². The minimum Gasteiger partial charge on any atom is -0.309 e. The van der Waals surface area contributed by atoms with E-state index in [4.69, 9.17) is 4.98 Å². The molecule has 0 aliphatic carbocycles. The molecule has 60 heavy (non-hydrogen) atoms. The molecule has 2 aromatic heterocycles. The molecule has 0 radical (unpaired) electrons. The molecule has 0 fully saturated rings. The molecular formula is C57H39N3. The van der Waals surface area contributed by atoms with E-state index in [1.54, 1.807) is 0 Å². The molecule has 0 N–H and O–H groups in total. The fraction of sp³-hybridized carbons (Fsp3) is 0. The van der Waals surface area contributed by atoms with Gasteiger partial charge in [-0.25, -0.2) is 4.98 Å². The van der Waals surface area contributed by atoms with Crippen LogP contribution in [0.25, 0.3) is 83.0 Å². The van der Waals surface area contributed by atoms with Gasteiger partial charge in [0.05, 0.1) is 33.6 Å². The first-order valence-electron chi connectivity index (χ1n) is 20.5. The fourth-order valence-electron chi connectivity index (χ4n) is 8.78. The predicted molar refractivity (Wildman–Crippen MR) is 253 cm³/mol. The summed E-state index contributed by atoms with van der Waals surface area (Å²) in [6.45, 7) is 0. The first kappa shape index (κ1) is 35.2. The largest absolute Gasteiger partial charge is 0.309 e. The molecule has 11 aromatic rings. The highest BCUT2D eigenvalue weighted by Crippen LogP contribution is 2.47. The first-order valence-corrected chi connectivity index (χ1v) is 20.5. The quantitative estimate of drug-likeness (QED) is 0.154. The van der Waals surface area contributed by atoms with Gasteiger partial charge in [0.15, 0.2) is 0 Å². The molecule has 3 nitrogen and oxygen atoms in total. The van der Waals surface area contributed by atoms with Gasteiger partial charge in [-0.2, -0.15) is 0 Å². The van der Waals surface area contributed by atoms with Crippen LogP contribution in [0.3, 0.4) is 0 Å². The Morgan fingerprint density at radius 1 is 0.367 bits per heavy atom. The van der Waals surface area contributed by atoms with Crippen LogP contribution in [-0.2, 0) is 0 Å². The number of rotatable bonds is 8. The van der Waals surface area contributed by atoms with Crippen molar-refractivity contribution in [1.82, 2.24) is 9.55 Å². The number of nitrogens with zero attached hydrogens (tertiary/aromatic N) is 3. The van der Waals surface area contributed by atoms with Crippen LogP contribution in [0.4, 0.5) is 17.1 Å². The van der Waals surface area contributed by atoms with Gasteiger partial charge in [0.25, 0.3) is 0 Å². The van der Waals surface area contributed by atoms with Crippen molar-refractivity contribution in [2.75, 3.05) is 4.90 Å². The summed E-state index contributed by atoms with van der Waals surface area (Å²) < 4.78 is 2.42. The highest BCUT2D eigenvalue weighted by molar-refractivity contribution is 6.17. The van der Waals surface area contributed by atoms with Gasteiger partial charge >= 0.3 is 0 Å². The molecule has 0 aliphatic heterocycles. The highest BCUT2D eigenvalue weighted by Gasteiger charge is 2.24. The number of aromatic nitrogens is 2. The summed E-state index contributed by atoms with van der Waals surface area (Å²) in [4.78, 5) is 7.80. The van der Waals surface area contributed by atoms with Crippen LogP contribution < -0.4 is 4.90 Å². The molecule has 0 bridgehead atoms. The third kappa shape index (κ3) is 6.21. The number of benzene rings is 9. The minimum absolute atomic E-state index is 0.962. The number of pyridine rings is 1. The van der Waals surface area contributed by atoms with E-state index >= 15 is 0 Å². The molecule has 3 heteroatoms. The topological polar surface area (TPSA) is 21.1 Å². The lowest BCUT2D eigenvalue weighted by atomic mass is 9.96. The Bertz CT molecular complexity index is 3280. The molecule has 0 saturated heterocycles. The lowest BCUT2D eigenvalue weighted by Gasteiger charge is -2.29. The van der Waals surface area contributed by atoms with Crippen LogP contribution in [0.15, 0.2) is 237 Å². The van der Waals surface area contributed by atoms with Gasteiger partial charge in [0.2, 0.25) is 0 Å². The Labute approximate surface area is 349 Å². The monoisotopic (exact) mass is 765 g/mol. The molecule has 9 aromatic carbocycles. The van der Waals surface area contributed by atoms with E-state index in [0.29, 0.717) is 0 Å². The fourth-order valence-corrected chi connectivity index (χ4v) is 8.78. The summed E-state index contributed by atoms with van der Waals surface area (Å²) in [5.74, 6) is 0. The zero-order chi connectivity index (χ0) is 39.8. The number of hydrogen-bond acceptors (Lipinski definition) is 2. The van der Waals surface area contributed by atoms with Crippen LogP contribution >= 0.6 is 0 Å². The summed E-state index contributed by atoms with van der Waals surface area (Å²) in [5.41, 5.74) is 16.6. The summed E-state index contributed by atoms with van der Waals surface area (Å²) in [6, 6.07) is 84.7. The van der Waals surface area contributed by atoms with E-state index < -0.39 is 0 Å². The molecule has 0 saturated carbocycles. The predicted octanol–water partition coefficient (Wildman–Crippen LogP) is 15.5. The van der Waals surface area contributed by atoms with E-state index in [2.05, 4.69) is 246 Å². The summed E-state index contributed by atoms with van der Waals surface area (Å²) in [7, 11) is 0. The van der Waals surface area contributed by atoms with Gasteiger partial charge in [0.1, 0.15) is 0 Å². The Morgan fingerprint density at radius 3 is 1.67 bits per heavy atom. The zero-order valence-corrected chi connectivity index (χ0v) is 32.9. The maximum atomic E-state index is 5.36. The van der Waals surface area contributed by atoms with Crippen LogP contribution in [0.1, 0.15) is 0 Å². The van der Waals surface area contributed by atoms with Gasteiger partial charge < -0.3 is 9.47 Å². The Kier molecular flexibility index (Phi) is 8.83. The standard InChI is InChI=1S/C57H39N3/c1-5-18-40(19-6-1)41-32-35-47(36-33-41)59(52-29-16-14-27-48(52)42-20-7-2-8-21-42)53-30-17-31-54-56(53)49-37-34-45(39-55(49)60(54)46-25-11-4-12-26-46)57-50(43-22-9-3-10-23-43)38-44-24-13-15-28-51(44)58-57/h1-39H.